The maximum absolute atomic E-state index is 10.3. The van der Waals surface area contributed by atoms with E-state index in [0.717, 1.165) is 22.8 Å². The van der Waals surface area contributed by atoms with Gasteiger partial charge in [-0.25, -0.2) is 0 Å². The lowest BCUT2D eigenvalue weighted by Crippen LogP contribution is -2.69. The fraction of sp³-hybridized carbons (Fsp3) is 0.714. The van der Waals surface area contributed by atoms with Crippen molar-refractivity contribution < 1.29 is 82.3 Å². The van der Waals surface area contributed by atoms with Crippen LogP contribution in [0.25, 0.3) is 0 Å². The Morgan fingerprint density at radius 3 is 0.508 bits per heavy atom. The van der Waals surface area contributed by atoms with E-state index < -0.39 is 121 Å². The van der Waals surface area contributed by atoms with Crippen molar-refractivity contribution in [1.82, 2.24) is 0 Å². The summed E-state index contributed by atoms with van der Waals surface area (Å²) in [5, 5.41) is 0. The van der Waals surface area contributed by atoms with Crippen molar-refractivity contribution in [3.05, 3.63) is 49.1 Å². The van der Waals surface area contributed by atoms with Crippen molar-refractivity contribution >= 4 is 121 Å². The van der Waals surface area contributed by atoms with Gasteiger partial charge in [0.15, 0.2) is 0 Å². The molecule has 0 aromatic rings. The van der Waals surface area contributed by atoms with E-state index in [1.54, 1.807) is 26.2 Å². The Morgan fingerprint density at radius 2 is 0.410 bits per heavy atom. The highest BCUT2D eigenvalue weighted by Gasteiger charge is 2.62. The van der Waals surface area contributed by atoms with Gasteiger partial charge in [-0.1, -0.05) is 26.3 Å². The minimum atomic E-state index is -4.21. The Morgan fingerprint density at radius 1 is 0.295 bits per heavy atom. The Labute approximate surface area is 380 Å². The van der Waals surface area contributed by atoms with Crippen LogP contribution in [0.3, 0.4) is 0 Å². The molecule has 1 saturated heterocycles. The molecule has 0 bridgehead atoms. The Balaban J connectivity index is 0.00000149. The largest absolute Gasteiger partial charge is 0.512 e. The van der Waals surface area contributed by atoms with E-state index in [4.69, 9.17) is 53.5 Å². The van der Waals surface area contributed by atoms with Crippen LogP contribution in [0, 0.1) is 0 Å². The first kappa shape index (κ1) is 62.2. The summed E-state index contributed by atoms with van der Waals surface area (Å²) in [6.07, 6.45) is 0. The summed E-state index contributed by atoms with van der Waals surface area (Å²) >= 11 is 0. The number of rotatable bonds is 22. The van der Waals surface area contributed by atoms with Gasteiger partial charge in [-0.05, 0) is 154 Å². The van der Waals surface area contributed by atoms with Gasteiger partial charge in [0.05, 0.1) is 0 Å². The molecule has 1 fully saturated rings. The highest BCUT2D eigenvalue weighted by atomic mass is 28.6. The van der Waals surface area contributed by atoms with E-state index in [2.05, 4.69) is 26.3 Å². The van der Waals surface area contributed by atoms with Gasteiger partial charge in [-0.15, -0.1) is 0 Å². The van der Waals surface area contributed by atoms with Crippen molar-refractivity contribution in [1.29, 1.82) is 0 Å². The summed E-state index contributed by atoms with van der Waals surface area (Å²) in [7, 11) is -43.5. The highest BCUT2D eigenvalue weighted by Crippen LogP contribution is 2.31. The van der Waals surface area contributed by atoms with Gasteiger partial charge in [0.2, 0.25) is 0 Å². The SMILES string of the molecule is C=C[Si]1(O)O[Si](O)(C=C)O[Si](O)(C=C)O[Si](O)(C=C)O1.C[Si](C)(O)O[Si](C)(C)O[Si](C)(C)O[Si](C)(C)O[Si](C)(C)O[Si](C)(C)O[Si](C)(C)O[Si](C)(C)O[Si](C)(C)O[Si](C)(C)O. The Kier molecular flexibility index (Phi) is 21.7. The molecule has 0 atom stereocenters. The van der Waals surface area contributed by atoms with Crippen LogP contribution in [-0.2, 0) is 53.5 Å². The Hall–Kier alpha value is 1.24. The quantitative estimate of drug-likeness (QED) is 0.0796. The molecule has 33 heteroatoms. The molecule has 61 heavy (non-hydrogen) atoms. The van der Waals surface area contributed by atoms with E-state index in [9.17, 15) is 28.8 Å². The molecule has 0 aromatic heterocycles. The van der Waals surface area contributed by atoms with Crippen LogP contribution in [0.5, 0.6) is 0 Å². The van der Waals surface area contributed by atoms with Crippen LogP contribution in [0.2, 0.25) is 131 Å². The first-order valence-corrected chi connectivity index (χ1v) is 55.0. The van der Waals surface area contributed by atoms with E-state index >= 15 is 0 Å². The van der Waals surface area contributed by atoms with Crippen LogP contribution in [0.4, 0.5) is 0 Å². The first-order chi connectivity index (χ1) is 26.4. The van der Waals surface area contributed by atoms with Crippen LogP contribution < -0.4 is 0 Å². The molecule has 0 amide bonds. The van der Waals surface area contributed by atoms with Crippen LogP contribution >= 0.6 is 0 Å². The molecular formula is C28H78O19Si14. The predicted octanol–water partition coefficient (Wildman–Crippen LogP) is 4.83. The van der Waals surface area contributed by atoms with Gasteiger partial charge in [0.25, 0.3) is 0 Å². The smallest absolute Gasteiger partial charge is 0.416 e. The summed E-state index contributed by atoms with van der Waals surface area (Å²) in [5.41, 5.74) is 3.62. The third-order valence-electron chi connectivity index (χ3n) is 6.63. The molecule has 0 unspecified atom stereocenters. The maximum Gasteiger partial charge on any atom is 0.512 e. The zero-order valence-electron chi connectivity index (χ0n) is 40.1. The molecule has 1 rings (SSSR count). The molecular weight excluding hydrogens is 1030 g/mol. The van der Waals surface area contributed by atoms with Crippen molar-refractivity contribution in [3.63, 3.8) is 0 Å². The molecule has 6 N–H and O–H groups in total. The molecule has 1 aliphatic rings. The summed E-state index contributed by atoms with van der Waals surface area (Å²) in [4.78, 5) is 61.1. The molecule has 1 heterocycles. The van der Waals surface area contributed by atoms with Crippen molar-refractivity contribution in [3.8, 4) is 0 Å². The van der Waals surface area contributed by atoms with Crippen molar-refractivity contribution in [2.45, 2.75) is 131 Å². The van der Waals surface area contributed by atoms with Gasteiger partial charge in [-0.2, -0.15) is 0 Å². The van der Waals surface area contributed by atoms with E-state index in [1.807, 2.05) is 105 Å². The predicted molar refractivity (Wildman–Crippen MR) is 266 cm³/mol. The minimum absolute atomic E-state index is 0.905. The standard InChI is InChI=1S/C20H62O11Si10.C8H16O8Si4/c1-32(2,21)23-34(5,6)25-36(9,10)27-38(13,14)29-40(17,18)31-41(19,20)30-39(15,16)28-37(11,12)26-35(7,8)24-33(3,4)22;1-5-17(9)13-18(10,6-2)15-20(12,8-4)16-19(11,7-3)14-17/h21-22H,1-20H3;5-12H,1-4H2. The second-order valence-corrected chi connectivity index (χ2v) is 64.2. The van der Waals surface area contributed by atoms with Crippen molar-refractivity contribution in [2.24, 2.45) is 0 Å². The average molecular weight is 1110 g/mol. The van der Waals surface area contributed by atoms with E-state index in [0.29, 0.717) is 0 Å². The molecule has 0 spiro atoms. The molecule has 19 nitrogen and oxygen atoms in total. The zero-order chi connectivity index (χ0) is 49.0. The van der Waals surface area contributed by atoms with Gasteiger partial charge < -0.3 is 82.3 Å². The second-order valence-electron chi connectivity index (χ2n) is 18.8. The number of hydrogen-bond donors (Lipinski definition) is 6. The zero-order valence-corrected chi connectivity index (χ0v) is 54.1. The molecule has 0 saturated carbocycles. The average Bonchev–Trinajstić information content (AvgIpc) is 2.88. The van der Waals surface area contributed by atoms with Gasteiger partial charge in [-0.3, -0.25) is 0 Å². The van der Waals surface area contributed by atoms with Crippen LogP contribution in [0.1, 0.15) is 0 Å². The first-order valence-electron chi connectivity index (χ1n) is 19.4. The molecule has 0 radical (unpaired) electrons. The summed E-state index contributed by atoms with van der Waals surface area (Å²) in [6.45, 7) is 52.0. The van der Waals surface area contributed by atoms with Gasteiger partial charge in [0, 0.05) is 0 Å². The summed E-state index contributed by atoms with van der Waals surface area (Å²) < 4.78 is 78.0. The lowest BCUT2D eigenvalue weighted by atomic mass is 11.3. The third kappa shape index (κ3) is 25.8. The molecule has 360 valence electrons. The normalized spacial score (nSPS) is 25.7. The Bertz CT molecular complexity index is 1350. The fourth-order valence-electron chi connectivity index (χ4n) is 6.77. The monoisotopic (exact) mass is 1110 g/mol. The fourth-order valence-corrected chi connectivity index (χ4v) is 65.4. The van der Waals surface area contributed by atoms with Crippen molar-refractivity contribution in [2.75, 3.05) is 0 Å². The number of hydrogen-bond acceptors (Lipinski definition) is 19. The summed E-state index contributed by atoms with van der Waals surface area (Å²) in [6, 6.07) is 0. The lowest BCUT2D eigenvalue weighted by Gasteiger charge is -2.44. The molecule has 0 aliphatic carbocycles. The van der Waals surface area contributed by atoms with Gasteiger partial charge >= 0.3 is 121 Å². The van der Waals surface area contributed by atoms with E-state index in [1.165, 1.54) is 0 Å². The second kappa shape index (κ2) is 21.3. The lowest BCUT2D eigenvalue weighted by molar-refractivity contribution is 0.0909. The van der Waals surface area contributed by atoms with E-state index in [-0.39, 0.29) is 0 Å². The van der Waals surface area contributed by atoms with Crippen LogP contribution in [0.15, 0.2) is 49.1 Å². The van der Waals surface area contributed by atoms with Gasteiger partial charge in [0.1, 0.15) is 0 Å². The topological polar surface area (TPSA) is 241 Å². The molecule has 0 aromatic carbocycles. The third-order valence-corrected chi connectivity index (χ3v) is 53.5. The van der Waals surface area contributed by atoms with Crippen LogP contribution in [-0.4, -0.2) is 150 Å². The minimum Gasteiger partial charge on any atom is -0.416 e. The summed E-state index contributed by atoms with van der Waals surface area (Å²) in [5.74, 6) is 0. The maximum atomic E-state index is 10.3. The highest BCUT2D eigenvalue weighted by molar-refractivity contribution is 6.94. The molecule has 1 aliphatic heterocycles.